The summed E-state index contributed by atoms with van der Waals surface area (Å²) in [5.74, 6) is 0.882. The molecule has 0 atom stereocenters. The van der Waals surface area contributed by atoms with Gasteiger partial charge in [-0.3, -0.25) is 0 Å². The van der Waals surface area contributed by atoms with E-state index < -0.39 is 0 Å². The molecule has 0 spiro atoms. The highest BCUT2D eigenvalue weighted by atomic mass is 15.3. The number of aromatic nitrogens is 1. The molecular weight excluding hydrogens is 284 g/mol. The lowest BCUT2D eigenvalue weighted by Gasteiger charge is -2.17. The molecule has 0 fully saturated rings. The average Bonchev–Trinajstić information content (AvgIpc) is 2.98. The van der Waals surface area contributed by atoms with Gasteiger partial charge < -0.3 is 15.2 Å². The van der Waals surface area contributed by atoms with Crippen LogP contribution in [0.25, 0.3) is 10.9 Å². The van der Waals surface area contributed by atoms with Gasteiger partial charge in [-0.25, -0.2) is 4.99 Å². The number of aromatic amines is 1. The minimum absolute atomic E-state index is 0.675. The predicted molar refractivity (Wildman–Crippen MR) is 96.4 cm³/mol. The summed E-state index contributed by atoms with van der Waals surface area (Å²) in [5, 5.41) is 4.64. The van der Waals surface area contributed by atoms with Gasteiger partial charge in [-0.15, -0.1) is 0 Å². The van der Waals surface area contributed by atoms with Gasteiger partial charge in [0, 0.05) is 25.3 Å². The number of nitrogens with zero attached hydrogens (tertiary/aromatic N) is 2. The quantitative estimate of drug-likeness (QED) is 0.573. The third-order valence-corrected chi connectivity index (χ3v) is 3.70. The van der Waals surface area contributed by atoms with Crippen molar-refractivity contribution in [3.05, 3.63) is 71.9 Å². The molecule has 2 N–H and O–H groups in total. The molecule has 0 aliphatic heterocycles. The zero-order valence-corrected chi connectivity index (χ0v) is 13.6. The van der Waals surface area contributed by atoms with E-state index in [1.807, 2.05) is 43.3 Å². The van der Waals surface area contributed by atoms with Gasteiger partial charge in [0.1, 0.15) is 0 Å². The van der Waals surface area contributed by atoms with E-state index in [0.29, 0.717) is 6.54 Å². The lowest BCUT2D eigenvalue weighted by Crippen LogP contribution is -2.36. The number of guanidine groups is 1. The third-order valence-electron chi connectivity index (χ3n) is 3.70. The van der Waals surface area contributed by atoms with Gasteiger partial charge >= 0.3 is 0 Å². The van der Waals surface area contributed by atoms with Crippen molar-refractivity contribution in [3.8, 4) is 0 Å². The average molecular weight is 306 g/mol. The second kappa shape index (κ2) is 7.01. The molecule has 0 aliphatic carbocycles. The van der Waals surface area contributed by atoms with E-state index in [9.17, 15) is 0 Å². The van der Waals surface area contributed by atoms with E-state index in [4.69, 9.17) is 0 Å². The Morgan fingerprint density at radius 1 is 1.04 bits per heavy atom. The van der Waals surface area contributed by atoms with Crippen LogP contribution in [-0.2, 0) is 13.1 Å². The van der Waals surface area contributed by atoms with Crippen LogP contribution in [0.15, 0.2) is 65.7 Å². The van der Waals surface area contributed by atoms with Crippen molar-refractivity contribution >= 4 is 16.9 Å². The molecule has 1 aromatic heterocycles. The van der Waals surface area contributed by atoms with E-state index in [-0.39, 0.29) is 0 Å². The summed E-state index contributed by atoms with van der Waals surface area (Å²) in [6.07, 6.45) is 0. The van der Waals surface area contributed by atoms with Crippen LogP contribution in [0.3, 0.4) is 0 Å². The number of benzene rings is 2. The highest BCUT2D eigenvalue weighted by Crippen LogP contribution is 2.14. The van der Waals surface area contributed by atoms with Crippen molar-refractivity contribution in [3.63, 3.8) is 0 Å². The minimum Gasteiger partial charge on any atom is -0.357 e. The first kappa shape index (κ1) is 15.2. The van der Waals surface area contributed by atoms with E-state index in [1.165, 1.54) is 10.9 Å². The van der Waals surface area contributed by atoms with Gasteiger partial charge in [-0.05, 0) is 23.1 Å². The Bertz CT molecular complexity index is 754. The molecular formula is C19H22N4. The zero-order valence-electron chi connectivity index (χ0n) is 13.6. The predicted octanol–water partition coefficient (Wildman–Crippen LogP) is 3.38. The van der Waals surface area contributed by atoms with E-state index in [1.54, 1.807) is 0 Å². The number of hydrogen-bond acceptors (Lipinski definition) is 1. The van der Waals surface area contributed by atoms with Crippen molar-refractivity contribution in [2.75, 3.05) is 14.1 Å². The maximum absolute atomic E-state index is 4.68. The number of hydrogen-bond donors (Lipinski definition) is 2. The SMILES string of the molecule is CN(C)C(=NCc1ccccc1)NCc1cc2ccccc2[nH]1. The molecule has 118 valence electrons. The highest BCUT2D eigenvalue weighted by molar-refractivity contribution is 5.81. The van der Waals surface area contributed by atoms with E-state index >= 15 is 0 Å². The van der Waals surface area contributed by atoms with Gasteiger partial charge in [-0.2, -0.15) is 0 Å². The van der Waals surface area contributed by atoms with Crippen LogP contribution in [0.1, 0.15) is 11.3 Å². The smallest absolute Gasteiger partial charge is 0.194 e. The summed E-state index contributed by atoms with van der Waals surface area (Å²) in [4.78, 5) is 10.1. The first-order valence-electron chi connectivity index (χ1n) is 7.78. The molecule has 3 rings (SSSR count). The molecule has 4 nitrogen and oxygen atoms in total. The maximum atomic E-state index is 4.68. The largest absolute Gasteiger partial charge is 0.357 e. The highest BCUT2D eigenvalue weighted by Gasteiger charge is 2.04. The Hall–Kier alpha value is -2.75. The summed E-state index contributed by atoms with van der Waals surface area (Å²) in [6.45, 7) is 1.40. The van der Waals surface area contributed by atoms with Gasteiger partial charge in [-0.1, -0.05) is 48.5 Å². The standard InChI is InChI=1S/C19H22N4/c1-23(2)19(20-13-15-8-4-3-5-9-15)21-14-17-12-16-10-6-7-11-18(16)22-17/h3-12,22H,13-14H2,1-2H3,(H,20,21). The molecule has 3 aromatic rings. The Morgan fingerprint density at radius 3 is 2.52 bits per heavy atom. The number of para-hydroxylation sites is 1. The van der Waals surface area contributed by atoms with Crippen LogP contribution in [0.4, 0.5) is 0 Å². The lowest BCUT2D eigenvalue weighted by molar-refractivity contribution is 0.577. The fourth-order valence-corrected chi connectivity index (χ4v) is 2.51. The van der Waals surface area contributed by atoms with Crippen LogP contribution in [0.2, 0.25) is 0 Å². The molecule has 0 amide bonds. The van der Waals surface area contributed by atoms with Crippen molar-refractivity contribution < 1.29 is 0 Å². The van der Waals surface area contributed by atoms with Crippen LogP contribution in [0, 0.1) is 0 Å². The summed E-state index contributed by atoms with van der Waals surface area (Å²) in [6, 6.07) is 20.8. The van der Waals surface area contributed by atoms with E-state index in [2.05, 4.69) is 51.7 Å². The normalized spacial score (nSPS) is 11.7. The molecule has 0 bridgehead atoms. The summed E-state index contributed by atoms with van der Waals surface area (Å²) >= 11 is 0. The van der Waals surface area contributed by atoms with Crippen molar-refractivity contribution in [1.29, 1.82) is 0 Å². The molecule has 4 heteroatoms. The first-order valence-corrected chi connectivity index (χ1v) is 7.78. The number of aliphatic imine (C=N–C) groups is 1. The summed E-state index contributed by atoms with van der Waals surface area (Å²) in [5.41, 5.74) is 3.52. The Balaban J connectivity index is 1.67. The maximum Gasteiger partial charge on any atom is 0.194 e. The topological polar surface area (TPSA) is 43.4 Å². The monoisotopic (exact) mass is 306 g/mol. The molecule has 2 aromatic carbocycles. The lowest BCUT2D eigenvalue weighted by atomic mass is 10.2. The van der Waals surface area contributed by atoms with E-state index in [0.717, 1.165) is 23.7 Å². The van der Waals surface area contributed by atoms with Gasteiger partial charge in [0.2, 0.25) is 0 Å². The number of nitrogens with one attached hydrogen (secondary N) is 2. The minimum atomic E-state index is 0.675. The zero-order chi connectivity index (χ0) is 16.1. The summed E-state index contributed by atoms with van der Waals surface area (Å²) in [7, 11) is 4.00. The van der Waals surface area contributed by atoms with Crippen molar-refractivity contribution in [2.24, 2.45) is 4.99 Å². The van der Waals surface area contributed by atoms with Gasteiger partial charge in [0.15, 0.2) is 5.96 Å². The van der Waals surface area contributed by atoms with Crippen LogP contribution in [-0.4, -0.2) is 29.9 Å². The fraction of sp³-hybridized carbons (Fsp3) is 0.211. The van der Waals surface area contributed by atoms with Crippen molar-refractivity contribution in [1.82, 2.24) is 15.2 Å². The van der Waals surface area contributed by atoms with Gasteiger partial charge in [0.05, 0.1) is 13.1 Å². The number of rotatable bonds is 4. The molecule has 23 heavy (non-hydrogen) atoms. The Morgan fingerprint density at radius 2 is 1.78 bits per heavy atom. The van der Waals surface area contributed by atoms with Crippen LogP contribution < -0.4 is 5.32 Å². The Labute approximate surface area is 136 Å². The van der Waals surface area contributed by atoms with Gasteiger partial charge in [0.25, 0.3) is 0 Å². The molecule has 0 saturated heterocycles. The first-order chi connectivity index (χ1) is 11.2. The molecule has 1 heterocycles. The molecule has 0 radical (unpaired) electrons. The molecule has 0 unspecified atom stereocenters. The number of fused-ring (bicyclic) bond motifs is 1. The molecule has 0 saturated carbocycles. The molecule has 0 aliphatic rings. The number of H-pyrrole nitrogens is 1. The van der Waals surface area contributed by atoms with Crippen molar-refractivity contribution in [2.45, 2.75) is 13.1 Å². The van der Waals surface area contributed by atoms with Crippen LogP contribution in [0.5, 0.6) is 0 Å². The summed E-state index contributed by atoms with van der Waals surface area (Å²) < 4.78 is 0. The third kappa shape index (κ3) is 3.92. The Kier molecular flexibility index (Phi) is 4.62. The second-order valence-electron chi connectivity index (χ2n) is 5.76. The second-order valence-corrected chi connectivity index (χ2v) is 5.76. The van der Waals surface area contributed by atoms with Crippen LogP contribution >= 0.6 is 0 Å². The fourth-order valence-electron chi connectivity index (χ4n) is 2.51.